The summed E-state index contributed by atoms with van der Waals surface area (Å²) in [5, 5.41) is 0. The van der Waals surface area contributed by atoms with Crippen molar-refractivity contribution >= 4 is 21.5 Å². The van der Waals surface area contributed by atoms with E-state index in [4.69, 9.17) is 4.74 Å². The van der Waals surface area contributed by atoms with E-state index in [0.29, 0.717) is 23.4 Å². The number of ketones is 1. The average Bonchev–Trinajstić information content (AvgIpc) is 2.68. The lowest BCUT2D eigenvalue weighted by molar-refractivity contribution is -0.00865. The van der Waals surface area contributed by atoms with E-state index in [1.165, 1.54) is 5.56 Å². The van der Waals surface area contributed by atoms with Crippen molar-refractivity contribution in [3.05, 3.63) is 59.7 Å². The molecular weight excluding hydrogens is 388 g/mol. The number of ether oxygens (including phenoxy) is 1. The third-order valence-electron chi connectivity index (χ3n) is 5.72. The second-order valence-electron chi connectivity index (χ2n) is 8.05. The molecule has 0 amide bonds. The molecule has 7 heteroatoms. The highest BCUT2D eigenvalue weighted by atomic mass is 32.2. The number of nitrogens with zero attached hydrogens (tertiary/aromatic N) is 1. The van der Waals surface area contributed by atoms with Gasteiger partial charge in [-0.3, -0.25) is 9.52 Å². The fourth-order valence-corrected chi connectivity index (χ4v) is 4.72. The largest absolute Gasteiger partial charge is 0.486 e. The van der Waals surface area contributed by atoms with Crippen molar-refractivity contribution in [1.82, 2.24) is 4.90 Å². The molecule has 1 spiro atoms. The zero-order valence-corrected chi connectivity index (χ0v) is 17.4. The number of likely N-dealkylation sites (tertiary alicyclic amines) is 1. The van der Waals surface area contributed by atoms with Crippen molar-refractivity contribution < 1.29 is 17.9 Å². The van der Waals surface area contributed by atoms with Crippen molar-refractivity contribution in [3.8, 4) is 5.75 Å². The number of hydrogen-bond donors (Lipinski definition) is 1. The maximum Gasteiger partial charge on any atom is 0.229 e. The second-order valence-corrected chi connectivity index (χ2v) is 9.80. The van der Waals surface area contributed by atoms with Crippen molar-refractivity contribution in [3.63, 3.8) is 0 Å². The lowest BCUT2D eigenvalue weighted by Crippen LogP contribution is -2.51. The molecule has 0 bridgehead atoms. The molecule has 0 saturated carbocycles. The van der Waals surface area contributed by atoms with E-state index in [-0.39, 0.29) is 5.78 Å². The molecule has 0 aromatic heterocycles. The van der Waals surface area contributed by atoms with E-state index in [2.05, 4.69) is 33.9 Å². The van der Waals surface area contributed by atoms with Gasteiger partial charge < -0.3 is 9.64 Å². The van der Waals surface area contributed by atoms with Gasteiger partial charge in [0, 0.05) is 38.2 Å². The first-order valence-electron chi connectivity index (χ1n) is 9.92. The highest BCUT2D eigenvalue weighted by molar-refractivity contribution is 7.92. The van der Waals surface area contributed by atoms with Crippen LogP contribution in [-0.2, 0) is 16.4 Å². The first-order chi connectivity index (χ1) is 13.8. The van der Waals surface area contributed by atoms with Crippen LogP contribution < -0.4 is 9.46 Å². The van der Waals surface area contributed by atoms with E-state index in [1.54, 1.807) is 18.2 Å². The molecule has 2 aromatic carbocycles. The lowest BCUT2D eigenvalue weighted by Gasteiger charge is -2.44. The van der Waals surface area contributed by atoms with Gasteiger partial charge in [-0.25, -0.2) is 8.42 Å². The highest BCUT2D eigenvalue weighted by Gasteiger charge is 2.42. The highest BCUT2D eigenvalue weighted by Crippen LogP contribution is 2.40. The number of piperidine rings is 1. The predicted octanol–water partition coefficient (Wildman–Crippen LogP) is 3.10. The molecule has 4 rings (SSSR count). The van der Waals surface area contributed by atoms with Gasteiger partial charge in [0.05, 0.1) is 18.2 Å². The summed E-state index contributed by atoms with van der Waals surface area (Å²) in [4.78, 5) is 15.2. The fraction of sp³-hybridized carbons (Fsp3) is 0.409. The van der Waals surface area contributed by atoms with Crippen LogP contribution in [-0.4, -0.2) is 50.6 Å². The molecule has 2 aromatic rings. The topological polar surface area (TPSA) is 75.7 Å². The molecular formula is C22H26N2O4S. The summed E-state index contributed by atoms with van der Waals surface area (Å²) in [6.45, 7) is 2.82. The van der Waals surface area contributed by atoms with Crippen molar-refractivity contribution in [1.29, 1.82) is 0 Å². The Morgan fingerprint density at radius 1 is 1.10 bits per heavy atom. The molecule has 154 valence electrons. The van der Waals surface area contributed by atoms with Crippen molar-refractivity contribution in [2.45, 2.75) is 31.3 Å². The summed E-state index contributed by atoms with van der Waals surface area (Å²) < 4.78 is 31.6. The van der Waals surface area contributed by atoms with E-state index in [9.17, 15) is 13.2 Å². The normalized spacial score (nSPS) is 18.9. The summed E-state index contributed by atoms with van der Waals surface area (Å²) >= 11 is 0. The first-order valence-corrected chi connectivity index (χ1v) is 11.8. The summed E-state index contributed by atoms with van der Waals surface area (Å²) in [7, 11) is -3.39. The minimum absolute atomic E-state index is 0.0149. The number of carbonyl (C=O) groups is 1. The Morgan fingerprint density at radius 3 is 2.52 bits per heavy atom. The number of carbonyl (C=O) groups excluding carboxylic acids is 1. The number of hydrogen-bond acceptors (Lipinski definition) is 5. The van der Waals surface area contributed by atoms with Gasteiger partial charge in [0.2, 0.25) is 10.0 Å². The number of fused-ring (bicyclic) bond motifs is 1. The molecule has 2 aliphatic heterocycles. The maximum absolute atomic E-state index is 12.8. The molecule has 2 aliphatic rings. The monoisotopic (exact) mass is 414 g/mol. The number of rotatable bonds is 5. The smallest absolute Gasteiger partial charge is 0.229 e. The van der Waals surface area contributed by atoms with Gasteiger partial charge in [-0.1, -0.05) is 30.3 Å². The Bertz CT molecular complexity index is 997. The molecule has 2 heterocycles. The summed E-state index contributed by atoms with van der Waals surface area (Å²) in [6, 6.07) is 15.4. The van der Waals surface area contributed by atoms with Crippen molar-refractivity contribution in [2.24, 2.45) is 0 Å². The quantitative estimate of drug-likeness (QED) is 0.814. The molecule has 0 unspecified atom stereocenters. The van der Waals surface area contributed by atoms with Gasteiger partial charge in [0.1, 0.15) is 11.4 Å². The summed E-state index contributed by atoms with van der Waals surface area (Å²) in [5.74, 6) is 0.569. The lowest BCUT2D eigenvalue weighted by atomic mass is 9.82. The van der Waals surface area contributed by atoms with Crippen molar-refractivity contribution in [2.75, 3.05) is 30.6 Å². The average molecular weight is 415 g/mol. The molecule has 6 nitrogen and oxygen atoms in total. The van der Waals surface area contributed by atoms with Crippen LogP contribution in [0.3, 0.4) is 0 Å². The number of benzene rings is 2. The first kappa shape index (κ1) is 19.9. The minimum Gasteiger partial charge on any atom is -0.486 e. The van der Waals surface area contributed by atoms with Crippen LogP contribution in [0, 0.1) is 0 Å². The van der Waals surface area contributed by atoms with Gasteiger partial charge in [-0.05, 0) is 30.2 Å². The summed E-state index contributed by atoms with van der Waals surface area (Å²) in [6.07, 6.45) is 4.08. The molecule has 29 heavy (non-hydrogen) atoms. The molecule has 0 aliphatic carbocycles. The number of nitrogens with one attached hydrogen (secondary N) is 1. The van der Waals surface area contributed by atoms with Crippen LogP contribution in [0.5, 0.6) is 5.75 Å². The van der Waals surface area contributed by atoms with Crippen LogP contribution in [0.1, 0.15) is 35.2 Å². The van der Waals surface area contributed by atoms with Gasteiger partial charge in [-0.2, -0.15) is 0 Å². The SMILES string of the molecule is CS(=O)(=O)Nc1ccc2c(c1)C(=O)CC1(CCN(CCc3ccccc3)CC1)O2. The molecule has 1 N–H and O–H groups in total. The van der Waals surface area contributed by atoms with Crippen LogP contribution in [0.15, 0.2) is 48.5 Å². The van der Waals surface area contributed by atoms with Gasteiger partial charge in [-0.15, -0.1) is 0 Å². The van der Waals surface area contributed by atoms with E-state index in [0.717, 1.165) is 45.2 Å². The Kier molecular flexibility index (Phi) is 5.36. The Hall–Kier alpha value is -2.38. The zero-order chi connectivity index (χ0) is 20.5. The zero-order valence-electron chi connectivity index (χ0n) is 16.6. The van der Waals surface area contributed by atoms with Crippen LogP contribution in [0.25, 0.3) is 0 Å². The van der Waals surface area contributed by atoms with Crippen LogP contribution >= 0.6 is 0 Å². The van der Waals surface area contributed by atoms with E-state index in [1.807, 2.05) is 6.07 Å². The number of sulfonamides is 1. The minimum atomic E-state index is -3.39. The molecule has 0 radical (unpaired) electrons. The number of anilines is 1. The van der Waals surface area contributed by atoms with Crippen LogP contribution in [0.2, 0.25) is 0 Å². The summed E-state index contributed by atoms with van der Waals surface area (Å²) in [5.41, 5.74) is 1.73. The van der Waals surface area contributed by atoms with E-state index < -0.39 is 15.6 Å². The van der Waals surface area contributed by atoms with Gasteiger partial charge >= 0.3 is 0 Å². The Balaban J connectivity index is 1.39. The standard InChI is InChI=1S/C22H26N2O4S/c1-29(26,27)23-18-7-8-21-19(15-18)20(25)16-22(28-21)10-13-24(14-11-22)12-9-17-5-3-2-4-6-17/h2-8,15,23H,9-14,16H2,1H3. The van der Waals surface area contributed by atoms with Gasteiger partial charge in [0.15, 0.2) is 5.78 Å². The molecule has 1 saturated heterocycles. The Morgan fingerprint density at radius 2 is 1.83 bits per heavy atom. The maximum atomic E-state index is 12.8. The number of Topliss-reactive ketones (excluding diaryl/α,β-unsaturated/α-hetero) is 1. The molecule has 0 atom stereocenters. The van der Waals surface area contributed by atoms with Gasteiger partial charge in [0.25, 0.3) is 0 Å². The fourth-order valence-electron chi connectivity index (χ4n) is 4.17. The third kappa shape index (κ3) is 4.79. The predicted molar refractivity (Wildman–Crippen MR) is 113 cm³/mol. The second kappa shape index (κ2) is 7.80. The van der Waals surface area contributed by atoms with E-state index >= 15 is 0 Å². The third-order valence-corrected chi connectivity index (χ3v) is 6.33. The van der Waals surface area contributed by atoms with Crippen LogP contribution in [0.4, 0.5) is 5.69 Å². The molecule has 1 fully saturated rings. The Labute approximate surface area is 171 Å².